The first-order valence-corrected chi connectivity index (χ1v) is 8.15. The zero-order chi connectivity index (χ0) is 18.7. The molecule has 0 radical (unpaired) electrons. The van der Waals surface area contributed by atoms with Crippen LogP contribution in [0.3, 0.4) is 0 Å². The Morgan fingerprint density at radius 1 is 1.35 bits per heavy atom. The predicted octanol–water partition coefficient (Wildman–Crippen LogP) is 3.46. The number of hydrogen-bond acceptors (Lipinski definition) is 5. The van der Waals surface area contributed by atoms with Gasteiger partial charge in [-0.1, -0.05) is 19.4 Å². The van der Waals surface area contributed by atoms with Crippen LogP contribution in [0.5, 0.6) is 5.75 Å². The molecular weight excluding hydrogens is 336 g/mol. The van der Waals surface area contributed by atoms with Crippen molar-refractivity contribution < 1.29 is 14.5 Å². The smallest absolute Gasteiger partial charge is 0.312 e. The molecule has 0 aliphatic rings. The van der Waals surface area contributed by atoms with Gasteiger partial charge in [-0.05, 0) is 30.7 Å². The van der Waals surface area contributed by atoms with Gasteiger partial charge in [0.15, 0.2) is 5.75 Å². The third-order valence-electron chi connectivity index (χ3n) is 3.94. The minimum Gasteiger partial charge on any atom is -0.490 e. The highest BCUT2D eigenvalue weighted by Crippen LogP contribution is 2.30. The Morgan fingerprint density at radius 2 is 2.15 bits per heavy atom. The molecule has 0 aliphatic carbocycles. The molecule has 0 saturated heterocycles. The van der Waals surface area contributed by atoms with E-state index in [1.54, 1.807) is 16.7 Å². The van der Waals surface area contributed by atoms with Crippen LogP contribution in [0.15, 0.2) is 42.6 Å². The van der Waals surface area contributed by atoms with Crippen LogP contribution in [0.2, 0.25) is 0 Å². The number of ether oxygens (including phenoxy) is 1. The van der Waals surface area contributed by atoms with E-state index < -0.39 is 4.92 Å². The van der Waals surface area contributed by atoms with Crippen molar-refractivity contribution in [2.75, 3.05) is 12.4 Å². The average Bonchev–Trinajstić information content (AvgIpc) is 3.00. The molecule has 0 bridgehead atoms. The van der Waals surface area contributed by atoms with Crippen LogP contribution >= 0.6 is 0 Å². The largest absolute Gasteiger partial charge is 0.490 e. The summed E-state index contributed by atoms with van der Waals surface area (Å²) < 4.78 is 6.70. The number of fused-ring (bicyclic) bond motifs is 1. The van der Waals surface area contributed by atoms with E-state index in [0.29, 0.717) is 29.1 Å². The summed E-state index contributed by atoms with van der Waals surface area (Å²) in [4.78, 5) is 28.0. The van der Waals surface area contributed by atoms with Crippen molar-refractivity contribution in [3.05, 3.63) is 64.1 Å². The molecule has 1 amide bonds. The molecule has 2 heterocycles. The monoisotopic (exact) mass is 354 g/mol. The Hall–Kier alpha value is -3.42. The van der Waals surface area contributed by atoms with Crippen LogP contribution in [0.25, 0.3) is 5.65 Å². The summed E-state index contributed by atoms with van der Waals surface area (Å²) >= 11 is 0. The molecule has 2 aromatic heterocycles. The van der Waals surface area contributed by atoms with E-state index in [-0.39, 0.29) is 17.3 Å². The number of carbonyl (C=O) groups is 1. The normalized spacial score (nSPS) is 10.7. The van der Waals surface area contributed by atoms with Gasteiger partial charge in [-0.3, -0.25) is 19.3 Å². The number of methoxy groups -OCH3 is 1. The maximum absolute atomic E-state index is 12.8. The van der Waals surface area contributed by atoms with Crippen LogP contribution in [-0.2, 0) is 6.42 Å². The fourth-order valence-corrected chi connectivity index (χ4v) is 2.80. The zero-order valence-corrected chi connectivity index (χ0v) is 14.4. The molecular formula is C18H18N4O4. The molecule has 3 aromatic rings. The number of nitro groups is 1. The van der Waals surface area contributed by atoms with Gasteiger partial charge in [-0.15, -0.1) is 0 Å². The average molecular weight is 354 g/mol. The number of rotatable bonds is 6. The molecule has 0 spiro atoms. The molecule has 3 rings (SSSR count). The molecule has 1 N–H and O–H groups in total. The first kappa shape index (κ1) is 17.4. The third-order valence-corrected chi connectivity index (χ3v) is 3.94. The number of amides is 1. The molecule has 0 unspecified atom stereocenters. The Bertz CT molecular complexity index is 980. The summed E-state index contributed by atoms with van der Waals surface area (Å²) in [5.74, 6) is -0.235. The highest BCUT2D eigenvalue weighted by molar-refractivity contribution is 6.04. The van der Waals surface area contributed by atoms with Crippen molar-refractivity contribution in [1.29, 1.82) is 0 Å². The number of carbonyl (C=O) groups excluding carboxylic acids is 1. The highest BCUT2D eigenvalue weighted by atomic mass is 16.6. The van der Waals surface area contributed by atoms with Crippen molar-refractivity contribution in [1.82, 2.24) is 9.38 Å². The second-order valence-electron chi connectivity index (χ2n) is 5.68. The Kier molecular flexibility index (Phi) is 4.83. The summed E-state index contributed by atoms with van der Waals surface area (Å²) in [6.45, 7) is 2.01. The van der Waals surface area contributed by atoms with E-state index in [1.165, 1.54) is 19.2 Å². The van der Waals surface area contributed by atoms with Crippen LogP contribution < -0.4 is 10.1 Å². The van der Waals surface area contributed by atoms with Gasteiger partial charge in [-0.25, -0.2) is 4.98 Å². The first-order valence-electron chi connectivity index (χ1n) is 8.15. The van der Waals surface area contributed by atoms with Gasteiger partial charge in [0.1, 0.15) is 11.3 Å². The van der Waals surface area contributed by atoms with Crippen LogP contribution in [-0.4, -0.2) is 27.3 Å². The van der Waals surface area contributed by atoms with E-state index >= 15 is 0 Å². The number of benzene rings is 1. The molecule has 0 aliphatic heterocycles. The van der Waals surface area contributed by atoms with Crippen molar-refractivity contribution in [2.24, 2.45) is 0 Å². The number of anilines is 1. The summed E-state index contributed by atoms with van der Waals surface area (Å²) in [7, 11) is 1.36. The number of pyridine rings is 1. The summed E-state index contributed by atoms with van der Waals surface area (Å²) in [5.41, 5.74) is 1.91. The number of aryl methyl sites for hydroxylation is 1. The molecule has 134 valence electrons. The van der Waals surface area contributed by atoms with Crippen molar-refractivity contribution in [2.45, 2.75) is 19.8 Å². The number of nitro benzene ring substituents is 1. The molecule has 0 atom stereocenters. The van der Waals surface area contributed by atoms with E-state index in [4.69, 9.17) is 4.74 Å². The lowest BCUT2D eigenvalue weighted by atomic mass is 10.2. The van der Waals surface area contributed by atoms with Crippen molar-refractivity contribution in [3.8, 4) is 5.75 Å². The van der Waals surface area contributed by atoms with Gasteiger partial charge in [0.05, 0.1) is 17.7 Å². The fourth-order valence-electron chi connectivity index (χ4n) is 2.80. The number of nitrogens with one attached hydrogen (secondary N) is 1. The summed E-state index contributed by atoms with van der Waals surface area (Å²) in [5, 5.41) is 13.9. The minimum atomic E-state index is -0.550. The van der Waals surface area contributed by atoms with Gasteiger partial charge in [-0.2, -0.15) is 0 Å². The minimum absolute atomic E-state index is 0.134. The second kappa shape index (κ2) is 7.22. The van der Waals surface area contributed by atoms with Crippen LogP contribution in [0.4, 0.5) is 11.4 Å². The summed E-state index contributed by atoms with van der Waals surface area (Å²) in [6, 6.07) is 9.79. The van der Waals surface area contributed by atoms with E-state index in [9.17, 15) is 14.9 Å². The first-order chi connectivity index (χ1) is 12.5. The third kappa shape index (κ3) is 3.21. The quantitative estimate of drug-likeness (QED) is 0.540. The number of aromatic nitrogens is 2. The van der Waals surface area contributed by atoms with Gasteiger partial charge in [0.25, 0.3) is 5.91 Å². The lowest BCUT2D eigenvalue weighted by Crippen LogP contribution is -2.16. The SMILES string of the molecule is CCCc1nc2ccccn2c1C(=O)Nc1ccc(OC)c([N+](=O)[O-])c1. The summed E-state index contributed by atoms with van der Waals surface area (Å²) in [6.07, 6.45) is 3.28. The predicted molar refractivity (Wildman–Crippen MR) is 96.8 cm³/mol. The van der Waals surface area contributed by atoms with Gasteiger partial charge >= 0.3 is 5.69 Å². The second-order valence-corrected chi connectivity index (χ2v) is 5.68. The van der Waals surface area contributed by atoms with Gasteiger partial charge in [0.2, 0.25) is 0 Å². The lowest BCUT2D eigenvalue weighted by molar-refractivity contribution is -0.385. The zero-order valence-electron chi connectivity index (χ0n) is 14.4. The maximum Gasteiger partial charge on any atom is 0.312 e. The molecule has 0 saturated carbocycles. The Balaban J connectivity index is 1.98. The lowest BCUT2D eigenvalue weighted by Gasteiger charge is -2.08. The number of nitrogens with zero attached hydrogens (tertiary/aromatic N) is 3. The molecule has 8 heteroatoms. The maximum atomic E-state index is 12.8. The van der Waals surface area contributed by atoms with E-state index in [1.807, 2.05) is 25.1 Å². The van der Waals surface area contributed by atoms with Crippen LogP contribution in [0.1, 0.15) is 29.5 Å². The van der Waals surface area contributed by atoms with E-state index in [0.717, 1.165) is 6.42 Å². The molecule has 0 fully saturated rings. The molecule has 1 aromatic carbocycles. The van der Waals surface area contributed by atoms with Gasteiger partial charge in [0, 0.05) is 18.0 Å². The van der Waals surface area contributed by atoms with Crippen LogP contribution in [0, 0.1) is 10.1 Å². The number of hydrogen-bond donors (Lipinski definition) is 1. The highest BCUT2D eigenvalue weighted by Gasteiger charge is 2.21. The Morgan fingerprint density at radius 3 is 2.85 bits per heavy atom. The van der Waals surface area contributed by atoms with Crippen molar-refractivity contribution in [3.63, 3.8) is 0 Å². The topological polar surface area (TPSA) is 98.8 Å². The van der Waals surface area contributed by atoms with Crippen molar-refractivity contribution >= 4 is 22.9 Å². The standard InChI is InChI=1S/C18H18N4O4/c1-3-6-13-17(21-10-5-4-7-16(21)20-13)18(23)19-12-8-9-15(26-2)14(11-12)22(24)25/h4-5,7-11H,3,6H2,1-2H3,(H,19,23). The fraction of sp³-hybridized carbons (Fsp3) is 0.222. The van der Waals surface area contributed by atoms with E-state index in [2.05, 4.69) is 10.3 Å². The van der Waals surface area contributed by atoms with Gasteiger partial charge < -0.3 is 10.1 Å². The number of imidazole rings is 1. The Labute approximate surface area is 149 Å². The molecule has 26 heavy (non-hydrogen) atoms. The molecule has 8 nitrogen and oxygen atoms in total.